The Morgan fingerprint density at radius 3 is 2.14 bits per heavy atom. The smallest absolute Gasteiger partial charge is 0.337 e. The van der Waals surface area contributed by atoms with Crippen LogP contribution in [-0.4, -0.2) is 28.4 Å². The number of carbonyl (C=O) groups is 2. The number of para-hydroxylation sites is 1. The molecular formula is C15H12N2O4. The summed E-state index contributed by atoms with van der Waals surface area (Å²) in [5.41, 5.74) is 3.56. The van der Waals surface area contributed by atoms with Crippen LogP contribution in [0, 0.1) is 0 Å². The molecule has 6 heteroatoms. The van der Waals surface area contributed by atoms with Gasteiger partial charge in [-0.15, -0.1) is 0 Å². The first-order valence-corrected chi connectivity index (χ1v) is 6.03. The average Bonchev–Trinajstić information content (AvgIpc) is 2.48. The Morgan fingerprint density at radius 2 is 1.48 bits per heavy atom. The predicted molar refractivity (Wildman–Crippen MR) is 78.0 cm³/mol. The van der Waals surface area contributed by atoms with E-state index in [4.69, 9.17) is 10.2 Å². The van der Waals surface area contributed by atoms with Crippen LogP contribution >= 0.6 is 0 Å². The van der Waals surface area contributed by atoms with E-state index in [-0.39, 0.29) is 11.1 Å². The second kappa shape index (κ2) is 6.33. The van der Waals surface area contributed by atoms with Crippen molar-refractivity contribution in [1.29, 1.82) is 0 Å². The third kappa shape index (κ3) is 3.44. The number of aromatic carboxylic acids is 2. The maximum Gasteiger partial charge on any atom is 0.337 e. The molecule has 6 nitrogen and oxygen atoms in total. The number of rotatable bonds is 5. The molecule has 3 N–H and O–H groups in total. The zero-order chi connectivity index (χ0) is 15.2. The molecule has 2 rings (SSSR count). The molecule has 0 aliphatic carbocycles. The second-order valence-electron chi connectivity index (χ2n) is 4.11. The molecular weight excluding hydrogens is 272 g/mol. The predicted octanol–water partition coefficient (Wildman–Crippen LogP) is 2.53. The minimum absolute atomic E-state index is 0.0844. The van der Waals surface area contributed by atoms with E-state index in [0.29, 0.717) is 11.3 Å². The van der Waals surface area contributed by atoms with E-state index in [9.17, 15) is 9.59 Å². The van der Waals surface area contributed by atoms with E-state index in [0.717, 1.165) is 0 Å². The Morgan fingerprint density at radius 1 is 0.905 bits per heavy atom. The first-order chi connectivity index (χ1) is 10.1. The number of nitrogens with one attached hydrogen (secondary N) is 1. The van der Waals surface area contributed by atoms with Gasteiger partial charge in [-0.05, 0) is 18.2 Å². The van der Waals surface area contributed by atoms with Crippen LogP contribution in [0.4, 0.5) is 5.69 Å². The highest BCUT2D eigenvalue weighted by Crippen LogP contribution is 2.15. The molecule has 0 aromatic heterocycles. The summed E-state index contributed by atoms with van der Waals surface area (Å²) in [6.45, 7) is 0. The molecule has 0 aliphatic heterocycles. The lowest BCUT2D eigenvalue weighted by Gasteiger charge is -2.04. The summed E-state index contributed by atoms with van der Waals surface area (Å²) in [5, 5.41) is 22.0. The Balaban J connectivity index is 2.21. The number of carboxylic acids is 2. The standard InChI is InChI=1S/C15H12N2O4/c18-14(19)11-6-2-1-5-10(11)9-16-17-13-8-4-3-7-12(13)15(20)21/h1-9,17H,(H,18,19)(H,20,21)/b16-9+. The van der Waals surface area contributed by atoms with Crippen LogP contribution in [-0.2, 0) is 0 Å². The van der Waals surface area contributed by atoms with E-state index in [1.807, 2.05) is 0 Å². The first-order valence-electron chi connectivity index (χ1n) is 6.03. The highest BCUT2D eigenvalue weighted by molar-refractivity contribution is 5.99. The summed E-state index contributed by atoms with van der Waals surface area (Å²) < 4.78 is 0. The molecule has 0 amide bonds. The molecule has 0 atom stereocenters. The zero-order valence-electron chi connectivity index (χ0n) is 10.9. The maximum absolute atomic E-state index is 11.0. The van der Waals surface area contributed by atoms with Gasteiger partial charge in [0.05, 0.1) is 23.0 Å². The van der Waals surface area contributed by atoms with Crippen molar-refractivity contribution in [2.45, 2.75) is 0 Å². The third-order valence-electron chi connectivity index (χ3n) is 2.74. The van der Waals surface area contributed by atoms with Crippen LogP contribution in [0.2, 0.25) is 0 Å². The monoisotopic (exact) mass is 284 g/mol. The topological polar surface area (TPSA) is 99.0 Å². The van der Waals surface area contributed by atoms with E-state index in [1.54, 1.807) is 36.4 Å². The first kappa shape index (κ1) is 14.3. The van der Waals surface area contributed by atoms with Crippen molar-refractivity contribution in [3.05, 3.63) is 65.2 Å². The molecule has 0 fully saturated rings. The molecule has 106 valence electrons. The lowest BCUT2D eigenvalue weighted by molar-refractivity contribution is 0.0686. The number of benzene rings is 2. The minimum atomic E-state index is -1.07. The second-order valence-corrected chi connectivity index (χ2v) is 4.11. The van der Waals surface area contributed by atoms with Crippen molar-refractivity contribution in [2.24, 2.45) is 5.10 Å². The van der Waals surface area contributed by atoms with Crippen LogP contribution < -0.4 is 5.43 Å². The maximum atomic E-state index is 11.0. The van der Waals surface area contributed by atoms with Crippen molar-refractivity contribution >= 4 is 23.8 Å². The van der Waals surface area contributed by atoms with E-state index < -0.39 is 11.9 Å². The highest BCUT2D eigenvalue weighted by Gasteiger charge is 2.08. The van der Waals surface area contributed by atoms with Crippen molar-refractivity contribution in [2.75, 3.05) is 5.43 Å². The van der Waals surface area contributed by atoms with Gasteiger partial charge in [0, 0.05) is 5.56 Å². The molecule has 0 unspecified atom stereocenters. The molecule has 0 heterocycles. The molecule has 2 aromatic rings. The quantitative estimate of drug-likeness (QED) is 0.578. The Labute approximate surface area is 120 Å². The Bertz CT molecular complexity index is 710. The van der Waals surface area contributed by atoms with Gasteiger partial charge in [-0.3, -0.25) is 5.43 Å². The number of carboxylic acid groups (broad SMARTS) is 2. The van der Waals surface area contributed by atoms with Crippen LogP contribution in [0.15, 0.2) is 53.6 Å². The largest absolute Gasteiger partial charge is 0.478 e. The number of hydrogen-bond acceptors (Lipinski definition) is 4. The van der Waals surface area contributed by atoms with Crippen molar-refractivity contribution in [3.63, 3.8) is 0 Å². The number of hydrazone groups is 1. The van der Waals surface area contributed by atoms with E-state index >= 15 is 0 Å². The van der Waals surface area contributed by atoms with Crippen molar-refractivity contribution < 1.29 is 19.8 Å². The van der Waals surface area contributed by atoms with Gasteiger partial charge in [-0.25, -0.2) is 9.59 Å². The summed E-state index contributed by atoms with van der Waals surface area (Å²) in [7, 11) is 0. The number of anilines is 1. The van der Waals surface area contributed by atoms with Gasteiger partial charge in [-0.2, -0.15) is 5.10 Å². The Kier molecular flexibility index (Phi) is 4.30. The SMILES string of the molecule is O=C(O)c1ccccc1/C=N/Nc1ccccc1C(=O)O. The van der Waals surface area contributed by atoms with Crippen LogP contribution in [0.3, 0.4) is 0 Å². The van der Waals surface area contributed by atoms with E-state index in [1.165, 1.54) is 18.3 Å². The number of hydrogen-bond donors (Lipinski definition) is 3. The van der Waals surface area contributed by atoms with Crippen molar-refractivity contribution in [3.8, 4) is 0 Å². The zero-order valence-corrected chi connectivity index (χ0v) is 10.9. The molecule has 2 aromatic carbocycles. The fourth-order valence-corrected chi connectivity index (χ4v) is 1.74. The van der Waals surface area contributed by atoms with Gasteiger partial charge in [0.15, 0.2) is 0 Å². The van der Waals surface area contributed by atoms with Gasteiger partial charge in [0.25, 0.3) is 0 Å². The summed E-state index contributed by atoms with van der Waals surface area (Å²) in [6.07, 6.45) is 1.34. The average molecular weight is 284 g/mol. The minimum Gasteiger partial charge on any atom is -0.478 e. The molecule has 0 saturated heterocycles. The van der Waals surface area contributed by atoms with Gasteiger partial charge < -0.3 is 10.2 Å². The molecule has 0 spiro atoms. The fraction of sp³-hybridized carbons (Fsp3) is 0. The van der Waals surface area contributed by atoms with Gasteiger partial charge in [0.2, 0.25) is 0 Å². The molecule has 0 aliphatic rings. The lowest BCUT2D eigenvalue weighted by Crippen LogP contribution is -2.04. The summed E-state index contributed by atoms with van der Waals surface area (Å²) in [6, 6.07) is 12.7. The summed E-state index contributed by atoms with van der Waals surface area (Å²) in [5.74, 6) is -2.12. The number of nitrogens with zero attached hydrogens (tertiary/aromatic N) is 1. The summed E-state index contributed by atoms with van der Waals surface area (Å²) >= 11 is 0. The lowest BCUT2D eigenvalue weighted by atomic mass is 10.1. The normalized spacial score (nSPS) is 10.5. The van der Waals surface area contributed by atoms with Crippen LogP contribution in [0.5, 0.6) is 0 Å². The highest BCUT2D eigenvalue weighted by atomic mass is 16.4. The molecule has 21 heavy (non-hydrogen) atoms. The van der Waals surface area contributed by atoms with Crippen LogP contribution in [0.1, 0.15) is 26.3 Å². The molecule has 0 bridgehead atoms. The van der Waals surface area contributed by atoms with Gasteiger partial charge >= 0.3 is 11.9 Å². The Hall–Kier alpha value is -3.15. The molecule has 0 saturated carbocycles. The van der Waals surface area contributed by atoms with E-state index in [2.05, 4.69) is 10.5 Å². The van der Waals surface area contributed by atoms with Gasteiger partial charge in [0.1, 0.15) is 0 Å². The third-order valence-corrected chi connectivity index (χ3v) is 2.74. The van der Waals surface area contributed by atoms with Gasteiger partial charge in [-0.1, -0.05) is 30.3 Å². The van der Waals surface area contributed by atoms with Crippen molar-refractivity contribution in [1.82, 2.24) is 0 Å². The van der Waals surface area contributed by atoms with Crippen LogP contribution in [0.25, 0.3) is 0 Å². The summed E-state index contributed by atoms with van der Waals surface area (Å²) in [4.78, 5) is 22.1. The molecule has 0 radical (unpaired) electrons. The fourth-order valence-electron chi connectivity index (χ4n) is 1.74.